The van der Waals surface area contributed by atoms with Gasteiger partial charge >= 0.3 is 0 Å². The van der Waals surface area contributed by atoms with Crippen LogP contribution in [-0.4, -0.2) is 38.2 Å². The van der Waals surface area contributed by atoms with Crippen LogP contribution in [0.2, 0.25) is 0 Å². The van der Waals surface area contributed by atoms with E-state index in [4.69, 9.17) is 9.47 Å². The van der Waals surface area contributed by atoms with Gasteiger partial charge in [-0.05, 0) is 29.3 Å². The molecule has 0 saturated carbocycles. The lowest BCUT2D eigenvalue weighted by Gasteiger charge is -2.36. The van der Waals surface area contributed by atoms with E-state index in [-0.39, 0.29) is 6.04 Å². The van der Waals surface area contributed by atoms with Gasteiger partial charge in [-0.3, -0.25) is 4.90 Å². The fourth-order valence-corrected chi connectivity index (χ4v) is 3.91. The Morgan fingerprint density at radius 2 is 1.55 bits per heavy atom. The number of para-hydroxylation sites is 1. The predicted molar refractivity (Wildman–Crippen MR) is 116 cm³/mol. The van der Waals surface area contributed by atoms with Crippen molar-refractivity contribution < 1.29 is 9.47 Å². The van der Waals surface area contributed by atoms with Crippen LogP contribution in [-0.2, 0) is 6.61 Å². The first-order chi connectivity index (χ1) is 14.3. The summed E-state index contributed by atoms with van der Waals surface area (Å²) in [5.74, 6) is 1.82. The summed E-state index contributed by atoms with van der Waals surface area (Å²) in [5.41, 5.74) is 3.63. The van der Waals surface area contributed by atoms with Crippen molar-refractivity contribution in [3.8, 4) is 11.5 Å². The number of hydrogen-bond acceptors (Lipinski definition) is 4. The molecule has 1 N–H and O–H groups in total. The molecule has 150 valence electrons. The molecule has 4 nitrogen and oxygen atoms in total. The topological polar surface area (TPSA) is 33.7 Å². The first kappa shape index (κ1) is 19.5. The van der Waals surface area contributed by atoms with Crippen molar-refractivity contribution in [2.45, 2.75) is 12.6 Å². The molecule has 0 amide bonds. The Labute approximate surface area is 173 Å². The Kier molecular flexibility index (Phi) is 6.45. The van der Waals surface area contributed by atoms with Crippen molar-refractivity contribution in [2.75, 3.05) is 33.3 Å². The average molecular weight is 389 g/mol. The van der Waals surface area contributed by atoms with Gasteiger partial charge in [-0.25, -0.2) is 0 Å². The molecule has 0 aromatic heterocycles. The first-order valence-electron chi connectivity index (χ1n) is 10.2. The molecule has 29 heavy (non-hydrogen) atoms. The molecule has 4 heteroatoms. The van der Waals surface area contributed by atoms with Crippen molar-refractivity contribution in [3.05, 3.63) is 95.6 Å². The summed E-state index contributed by atoms with van der Waals surface area (Å²) < 4.78 is 11.7. The van der Waals surface area contributed by atoms with E-state index >= 15 is 0 Å². The van der Waals surface area contributed by atoms with Gasteiger partial charge in [0.25, 0.3) is 0 Å². The second-order valence-electron chi connectivity index (χ2n) is 7.27. The average Bonchev–Trinajstić information content (AvgIpc) is 2.80. The van der Waals surface area contributed by atoms with Crippen molar-refractivity contribution in [1.29, 1.82) is 0 Å². The summed E-state index contributed by atoms with van der Waals surface area (Å²) in [6.45, 7) is 4.60. The zero-order valence-corrected chi connectivity index (χ0v) is 16.9. The molecule has 0 radical (unpaired) electrons. The van der Waals surface area contributed by atoms with Gasteiger partial charge in [0.1, 0.15) is 18.1 Å². The number of benzene rings is 3. The third-order valence-electron chi connectivity index (χ3n) is 5.39. The van der Waals surface area contributed by atoms with E-state index in [0.29, 0.717) is 6.61 Å². The fourth-order valence-electron chi connectivity index (χ4n) is 3.91. The summed E-state index contributed by atoms with van der Waals surface area (Å²) >= 11 is 0. The molecule has 1 aliphatic rings. The molecule has 3 aromatic rings. The normalized spacial score (nSPS) is 15.6. The van der Waals surface area contributed by atoms with E-state index < -0.39 is 0 Å². The second kappa shape index (κ2) is 9.59. The van der Waals surface area contributed by atoms with Gasteiger partial charge in [0.15, 0.2) is 0 Å². The highest BCUT2D eigenvalue weighted by Crippen LogP contribution is 2.35. The molecule has 1 fully saturated rings. The molecular formula is C25H28N2O2. The molecule has 0 aliphatic carbocycles. The summed E-state index contributed by atoms with van der Waals surface area (Å²) in [4.78, 5) is 2.52. The number of ether oxygens (including phenoxy) is 2. The molecule has 3 aromatic carbocycles. The smallest absolute Gasteiger partial charge is 0.123 e. The van der Waals surface area contributed by atoms with E-state index in [0.717, 1.165) is 37.7 Å². The van der Waals surface area contributed by atoms with E-state index in [9.17, 15) is 0 Å². The van der Waals surface area contributed by atoms with Gasteiger partial charge in [-0.15, -0.1) is 0 Å². The molecule has 1 heterocycles. The van der Waals surface area contributed by atoms with E-state index in [1.807, 2.05) is 30.3 Å². The number of methoxy groups -OCH3 is 1. The van der Waals surface area contributed by atoms with Gasteiger partial charge < -0.3 is 14.8 Å². The highest BCUT2D eigenvalue weighted by Gasteiger charge is 2.26. The van der Waals surface area contributed by atoms with Gasteiger partial charge in [0.05, 0.1) is 13.2 Å². The SMILES string of the molecule is COc1ccccc1C(c1ccc(OCc2ccccc2)cc1)N1CCNCC1. The number of hydrogen-bond donors (Lipinski definition) is 1. The molecule has 1 saturated heterocycles. The number of rotatable bonds is 7. The zero-order valence-electron chi connectivity index (χ0n) is 16.9. The summed E-state index contributed by atoms with van der Waals surface area (Å²) in [6, 6.07) is 27.2. The minimum atomic E-state index is 0.163. The van der Waals surface area contributed by atoms with E-state index in [2.05, 4.69) is 58.7 Å². The largest absolute Gasteiger partial charge is 0.496 e. The number of nitrogens with zero attached hydrogens (tertiary/aromatic N) is 1. The third-order valence-corrected chi connectivity index (χ3v) is 5.39. The van der Waals surface area contributed by atoms with Crippen LogP contribution in [0.4, 0.5) is 0 Å². The van der Waals surface area contributed by atoms with Crippen molar-refractivity contribution in [3.63, 3.8) is 0 Å². The Balaban J connectivity index is 1.57. The Morgan fingerprint density at radius 3 is 2.28 bits per heavy atom. The van der Waals surface area contributed by atoms with Crippen LogP contribution in [0.1, 0.15) is 22.7 Å². The van der Waals surface area contributed by atoms with E-state index in [1.54, 1.807) is 7.11 Å². The maximum Gasteiger partial charge on any atom is 0.123 e. The van der Waals surface area contributed by atoms with Gasteiger partial charge in [0, 0.05) is 31.7 Å². The lowest BCUT2D eigenvalue weighted by atomic mass is 9.95. The number of nitrogens with one attached hydrogen (secondary N) is 1. The highest BCUT2D eigenvalue weighted by atomic mass is 16.5. The molecule has 0 bridgehead atoms. The van der Waals surface area contributed by atoms with Gasteiger partial charge in [0.2, 0.25) is 0 Å². The minimum Gasteiger partial charge on any atom is -0.496 e. The summed E-state index contributed by atoms with van der Waals surface area (Å²) in [7, 11) is 1.74. The maximum absolute atomic E-state index is 5.97. The Morgan fingerprint density at radius 1 is 0.862 bits per heavy atom. The molecule has 1 unspecified atom stereocenters. The predicted octanol–water partition coefficient (Wildman–Crippen LogP) is 4.27. The van der Waals surface area contributed by atoms with Crippen LogP contribution in [0.5, 0.6) is 11.5 Å². The quantitative estimate of drug-likeness (QED) is 0.655. The van der Waals surface area contributed by atoms with Crippen LogP contribution >= 0.6 is 0 Å². The lowest BCUT2D eigenvalue weighted by Crippen LogP contribution is -2.45. The van der Waals surface area contributed by atoms with Gasteiger partial charge in [-0.1, -0.05) is 60.7 Å². The van der Waals surface area contributed by atoms with Crippen LogP contribution in [0.3, 0.4) is 0 Å². The summed E-state index contributed by atoms with van der Waals surface area (Å²) in [5, 5.41) is 3.45. The standard InChI is InChI=1S/C25H28N2O2/c1-28-24-10-6-5-9-23(24)25(27-17-15-26-16-18-27)21-11-13-22(14-12-21)29-19-20-7-3-2-4-8-20/h2-14,25-26H,15-19H2,1H3. The zero-order chi connectivity index (χ0) is 19.9. The second-order valence-corrected chi connectivity index (χ2v) is 7.27. The van der Waals surface area contributed by atoms with Crippen molar-refractivity contribution >= 4 is 0 Å². The van der Waals surface area contributed by atoms with Gasteiger partial charge in [-0.2, -0.15) is 0 Å². The molecule has 1 aliphatic heterocycles. The molecule has 4 rings (SSSR count). The third kappa shape index (κ3) is 4.78. The Bertz CT molecular complexity index is 890. The van der Waals surface area contributed by atoms with Crippen molar-refractivity contribution in [2.24, 2.45) is 0 Å². The first-order valence-corrected chi connectivity index (χ1v) is 10.2. The molecule has 1 atom stereocenters. The number of piperazine rings is 1. The van der Waals surface area contributed by atoms with Crippen LogP contribution in [0.15, 0.2) is 78.9 Å². The van der Waals surface area contributed by atoms with E-state index in [1.165, 1.54) is 16.7 Å². The summed E-state index contributed by atoms with van der Waals surface area (Å²) in [6.07, 6.45) is 0. The minimum absolute atomic E-state index is 0.163. The fraction of sp³-hybridized carbons (Fsp3) is 0.280. The molecule has 0 spiro atoms. The lowest BCUT2D eigenvalue weighted by molar-refractivity contribution is 0.195. The van der Waals surface area contributed by atoms with Crippen molar-refractivity contribution in [1.82, 2.24) is 10.2 Å². The highest BCUT2D eigenvalue weighted by molar-refractivity contribution is 5.43. The molecular weight excluding hydrogens is 360 g/mol. The maximum atomic E-state index is 5.97. The van der Waals surface area contributed by atoms with Crippen LogP contribution in [0.25, 0.3) is 0 Å². The van der Waals surface area contributed by atoms with Crippen LogP contribution < -0.4 is 14.8 Å². The monoisotopic (exact) mass is 388 g/mol. The van der Waals surface area contributed by atoms with Crippen LogP contribution in [0, 0.1) is 0 Å². The Hall–Kier alpha value is -2.82.